The molecule has 0 aromatic carbocycles. The molecule has 0 spiro atoms. The number of imidazole rings is 1. The van der Waals surface area contributed by atoms with Crippen molar-refractivity contribution in [2.45, 2.75) is 13.5 Å². The maximum atomic E-state index is 11.0. The fraction of sp³-hybridized carbons (Fsp3) is 0.250. The van der Waals surface area contributed by atoms with Crippen LogP contribution in [-0.2, 0) is 6.54 Å². The molecule has 0 aliphatic heterocycles. The van der Waals surface area contributed by atoms with Crippen LogP contribution in [0.5, 0.6) is 0 Å². The van der Waals surface area contributed by atoms with Gasteiger partial charge in [-0.15, -0.1) is 0 Å². The van der Waals surface area contributed by atoms with E-state index in [9.17, 15) is 4.79 Å². The molecule has 72 valence electrons. The first-order valence-corrected chi connectivity index (χ1v) is 4.20. The minimum absolute atomic E-state index is 0.225. The third kappa shape index (κ3) is 1.12. The highest BCUT2D eigenvalue weighted by Crippen LogP contribution is 2.11. The number of primary amides is 1. The van der Waals surface area contributed by atoms with Crippen molar-refractivity contribution in [3.05, 3.63) is 18.3 Å². The highest BCUT2D eigenvalue weighted by Gasteiger charge is 2.14. The maximum Gasteiger partial charge on any atom is 0.284 e. The lowest BCUT2D eigenvalue weighted by atomic mass is 10.5. The number of carbonyl (C=O) groups is 1. The summed E-state index contributed by atoms with van der Waals surface area (Å²) in [6, 6.07) is 0. The summed E-state index contributed by atoms with van der Waals surface area (Å²) in [4.78, 5) is 22.9. The highest BCUT2D eigenvalue weighted by atomic mass is 16.1. The predicted octanol–water partition coefficient (Wildman–Crippen LogP) is -0.0549. The smallest absolute Gasteiger partial charge is 0.284 e. The zero-order chi connectivity index (χ0) is 10.1. The van der Waals surface area contributed by atoms with Gasteiger partial charge in [-0.3, -0.25) is 4.79 Å². The summed E-state index contributed by atoms with van der Waals surface area (Å²) in [7, 11) is 0. The van der Waals surface area contributed by atoms with Crippen molar-refractivity contribution in [3.63, 3.8) is 0 Å². The summed E-state index contributed by atoms with van der Waals surface area (Å²) in [5.74, 6) is -0.326. The van der Waals surface area contributed by atoms with Crippen LogP contribution in [0.15, 0.2) is 12.5 Å². The number of aromatic nitrogens is 4. The number of nitrogens with two attached hydrogens (primary N) is 1. The molecule has 0 saturated heterocycles. The normalized spacial score (nSPS) is 10.6. The van der Waals surface area contributed by atoms with Crippen LogP contribution in [0.2, 0.25) is 0 Å². The fourth-order valence-electron chi connectivity index (χ4n) is 1.37. The molecule has 14 heavy (non-hydrogen) atoms. The lowest BCUT2D eigenvalue weighted by molar-refractivity contribution is 0.0987. The molecule has 2 aromatic rings. The van der Waals surface area contributed by atoms with Gasteiger partial charge in [-0.05, 0) is 6.92 Å². The summed E-state index contributed by atoms with van der Waals surface area (Å²) in [5, 5.41) is 0. The van der Waals surface area contributed by atoms with E-state index < -0.39 is 5.91 Å². The van der Waals surface area contributed by atoms with Crippen LogP contribution in [0.4, 0.5) is 0 Å². The molecule has 2 heterocycles. The Morgan fingerprint density at radius 3 is 3.07 bits per heavy atom. The van der Waals surface area contributed by atoms with Crippen molar-refractivity contribution in [1.82, 2.24) is 19.5 Å². The number of amides is 1. The number of fused-ring (bicyclic) bond motifs is 1. The molecule has 0 radical (unpaired) electrons. The van der Waals surface area contributed by atoms with Crippen molar-refractivity contribution in [2.75, 3.05) is 0 Å². The third-order valence-corrected chi connectivity index (χ3v) is 1.95. The van der Waals surface area contributed by atoms with Gasteiger partial charge in [0.1, 0.15) is 11.8 Å². The van der Waals surface area contributed by atoms with Crippen LogP contribution >= 0.6 is 0 Å². The van der Waals surface area contributed by atoms with Crippen LogP contribution in [0.1, 0.15) is 17.5 Å². The average Bonchev–Trinajstić information content (AvgIpc) is 2.56. The van der Waals surface area contributed by atoms with Crippen LogP contribution < -0.4 is 5.73 Å². The van der Waals surface area contributed by atoms with Crippen molar-refractivity contribution >= 4 is 17.1 Å². The molecule has 0 saturated carbocycles. The Bertz CT molecular complexity index is 489. The van der Waals surface area contributed by atoms with E-state index in [-0.39, 0.29) is 5.82 Å². The second kappa shape index (κ2) is 3.06. The van der Waals surface area contributed by atoms with Crippen LogP contribution in [0, 0.1) is 0 Å². The first-order valence-electron chi connectivity index (χ1n) is 4.20. The molecule has 0 aliphatic rings. The monoisotopic (exact) mass is 191 g/mol. The molecule has 6 heteroatoms. The summed E-state index contributed by atoms with van der Waals surface area (Å²) in [6.07, 6.45) is 2.97. The minimum Gasteiger partial charge on any atom is -0.363 e. The Kier molecular flexibility index (Phi) is 1.88. The molecule has 0 unspecified atom stereocenters. The summed E-state index contributed by atoms with van der Waals surface area (Å²) < 4.78 is 1.67. The van der Waals surface area contributed by atoms with Gasteiger partial charge in [0, 0.05) is 6.54 Å². The van der Waals surface area contributed by atoms with Crippen molar-refractivity contribution in [3.8, 4) is 0 Å². The molecule has 0 fully saturated rings. The van der Waals surface area contributed by atoms with Gasteiger partial charge in [-0.2, -0.15) is 0 Å². The van der Waals surface area contributed by atoms with Gasteiger partial charge in [-0.25, -0.2) is 15.0 Å². The second-order valence-electron chi connectivity index (χ2n) is 2.78. The third-order valence-electron chi connectivity index (χ3n) is 1.95. The lowest BCUT2D eigenvalue weighted by Crippen LogP contribution is -2.17. The molecule has 0 atom stereocenters. The lowest BCUT2D eigenvalue weighted by Gasteiger charge is -2.00. The quantitative estimate of drug-likeness (QED) is 0.720. The van der Waals surface area contributed by atoms with Crippen LogP contribution in [0.25, 0.3) is 11.2 Å². The van der Waals surface area contributed by atoms with Gasteiger partial charge >= 0.3 is 0 Å². The van der Waals surface area contributed by atoms with Gasteiger partial charge in [0.05, 0.1) is 6.20 Å². The summed E-state index contributed by atoms with van der Waals surface area (Å²) in [5.41, 5.74) is 6.41. The number of hydrogen-bond acceptors (Lipinski definition) is 4. The van der Waals surface area contributed by atoms with E-state index in [4.69, 9.17) is 5.73 Å². The number of carbonyl (C=O) groups excluding carboxylic acids is 1. The Morgan fingerprint density at radius 1 is 1.64 bits per heavy atom. The van der Waals surface area contributed by atoms with Gasteiger partial charge in [0.2, 0.25) is 5.82 Å². The Morgan fingerprint density at radius 2 is 2.43 bits per heavy atom. The van der Waals surface area contributed by atoms with Gasteiger partial charge in [0.25, 0.3) is 5.91 Å². The summed E-state index contributed by atoms with van der Waals surface area (Å²) in [6.45, 7) is 2.50. The van der Waals surface area contributed by atoms with E-state index in [1.54, 1.807) is 10.8 Å². The standard InChI is InChI=1S/C8H9N5O/c1-2-13-7-5(3-10-4-11-7)12-8(13)6(9)14/h3-4H,2H2,1H3,(H2,9,14). The highest BCUT2D eigenvalue weighted by molar-refractivity contribution is 5.92. The number of hydrogen-bond donors (Lipinski definition) is 1. The SMILES string of the molecule is CCn1c(C(N)=O)nc2cncnc21. The Hall–Kier alpha value is -1.98. The van der Waals surface area contributed by atoms with E-state index in [0.29, 0.717) is 17.7 Å². The van der Waals surface area contributed by atoms with E-state index >= 15 is 0 Å². The molecule has 2 N–H and O–H groups in total. The number of rotatable bonds is 2. The van der Waals surface area contributed by atoms with Gasteiger partial charge in [0.15, 0.2) is 5.65 Å². The zero-order valence-corrected chi connectivity index (χ0v) is 7.64. The molecule has 0 bridgehead atoms. The topological polar surface area (TPSA) is 86.7 Å². The molecule has 2 rings (SSSR count). The zero-order valence-electron chi connectivity index (χ0n) is 7.64. The number of nitrogens with zero attached hydrogens (tertiary/aromatic N) is 4. The molecule has 2 aromatic heterocycles. The van der Waals surface area contributed by atoms with E-state index in [1.807, 2.05) is 6.92 Å². The second-order valence-corrected chi connectivity index (χ2v) is 2.78. The Balaban J connectivity index is 2.78. The summed E-state index contributed by atoms with van der Waals surface area (Å²) >= 11 is 0. The van der Waals surface area contributed by atoms with Gasteiger partial charge in [-0.1, -0.05) is 0 Å². The predicted molar refractivity (Wildman–Crippen MR) is 49.5 cm³/mol. The Labute approximate surface area is 79.8 Å². The van der Waals surface area contributed by atoms with Gasteiger partial charge < -0.3 is 10.3 Å². The maximum absolute atomic E-state index is 11.0. The van der Waals surface area contributed by atoms with E-state index in [2.05, 4.69) is 15.0 Å². The van der Waals surface area contributed by atoms with Crippen LogP contribution in [0.3, 0.4) is 0 Å². The first kappa shape index (κ1) is 8.61. The molecule has 0 aliphatic carbocycles. The average molecular weight is 191 g/mol. The van der Waals surface area contributed by atoms with E-state index in [1.165, 1.54) is 6.33 Å². The molecule has 6 nitrogen and oxygen atoms in total. The van der Waals surface area contributed by atoms with E-state index in [0.717, 1.165) is 0 Å². The van der Waals surface area contributed by atoms with Crippen molar-refractivity contribution < 1.29 is 4.79 Å². The molecular formula is C8H9N5O. The molecule has 1 amide bonds. The minimum atomic E-state index is -0.551. The largest absolute Gasteiger partial charge is 0.363 e. The van der Waals surface area contributed by atoms with Crippen molar-refractivity contribution in [2.24, 2.45) is 5.73 Å². The fourth-order valence-corrected chi connectivity index (χ4v) is 1.37. The first-order chi connectivity index (χ1) is 6.74. The number of aryl methyl sites for hydroxylation is 1. The van der Waals surface area contributed by atoms with Crippen molar-refractivity contribution in [1.29, 1.82) is 0 Å². The van der Waals surface area contributed by atoms with Crippen LogP contribution in [-0.4, -0.2) is 25.4 Å². The molecular weight excluding hydrogens is 182 g/mol.